The molecule has 14 heavy (non-hydrogen) atoms. The molecule has 0 aliphatic heterocycles. The highest BCUT2D eigenvalue weighted by Crippen LogP contribution is 1.76. The molecule has 0 amide bonds. The summed E-state index contributed by atoms with van der Waals surface area (Å²) < 4.78 is 0. The topological polar surface area (TPSA) is 0 Å². The van der Waals surface area contributed by atoms with Crippen LogP contribution in [0.25, 0.3) is 0 Å². The summed E-state index contributed by atoms with van der Waals surface area (Å²) in [5.41, 5.74) is 0. The van der Waals surface area contributed by atoms with Crippen molar-refractivity contribution >= 4 is 0 Å². The van der Waals surface area contributed by atoms with Crippen molar-refractivity contribution in [1.29, 1.82) is 0 Å². The highest BCUT2D eigenvalue weighted by atomic mass is 13.6. The highest BCUT2D eigenvalue weighted by molar-refractivity contribution is 4.60. The van der Waals surface area contributed by atoms with Gasteiger partial charge in [0.2, 0.25) is 0 Å². The average Bonchev–Trinajstić information content (AvgIpc) is 2.31. The number of allylic oxidation sites excluding steroid dienone is 2. The van der Waals surface area contributed by atoms with Crippen molar-refractivity contribution < 1.29 is 0 Å². The van der Waals surface area contributed by atoms with E-state index in [9.17, 15) is 0 Å². The van der Waals surface area contributed by atoms with Crippen LogP contribution in [0, 0.1) is 0 Å². The summed E-state index contributed by atoms with van der Waals surface area (Å²) in [5, 5.41) is 0. The van der Waals surface area contributed by atoms with E-state index < -0.39 is 0 Å². The lowest BCUT2D eigenvalue weighted by atomic mass is 10.4. The van der Waals surface area contributed by atoms with Gasteiger partial charge in [-0.2, -0.15) is 0 Å². The van der Waals surface area contributed by atoms with Crippen molar-refractivity contribution in [3.8, 4) is 0 Å². The van der Waals surface area contributed by atoms with Crippen molar-refractivity contribution in [3.63, 3.8) is 0 Å². The standard InChI is InChI=1S/C4H10.2C4H8.C2H6/c3*1-3-4-2;1-2/h3-4H2,1-2H3;2*3H,1,4H2,2H3;1-2H3. The van der Waals surface area contributed by atoms with Gasteiger partial charge in [0.1, 0.15) is 0 Å². The molecule has 0 bridgehead atoms. The second-order valence-corrected chi connectivity index (χ2v) is 2.39. The van der Waals surface area contributed by atoms with Crippen LogP contribution < -0.4 is 0 Å². The molecule has 0 atom stereocenters. The van der Waals surface area contributed by atoms with E-state index in [1.165, 1.54) is 12.8 Å². The Morgan fingerprint density at radius 2 is 0.857 bits per heavy atom. The van der Waals surface area contributed by atoms with E-state index in [4.69, 9.17) is 0 Å². The minimum Gasteiger partial charge on any atom is -0.103 e. The van der Waals surface area contributed by atoms with Gasteiger partial charge >= 0.3 is 0 Å². The van der Waals surface area contributed by atoms with Crippen molar-refractivity contribution in [3.05, 3.63) is 25.3 Å². The molecule has 0 radical (unpaired) electrons. The van der Waals surface area contributed by atoms with Gasteiger partial charge in [-0.3, -0.25) is 0 Å². The molecule has 0 saturated heterocycles. The maximum Gasteiger partial charge on any atom is -0.0382 e. The van der Waals surface area contributed by atoms with E-state index in [2.05, 4.69) is 40.9 Å². The molecule has 0 aliphatic rings. The predicted octanol–water partition coefficient (Wildman–Crippen LogP) is 6.00. The zero-order valence-corrected chi connectivity index (χ0v) is 11.4. The Labute approximate surface area is 93.1 Å². The first-order valence-corrected chi connectivity index (χ1v) is 5.96. The van der Waals surface area contributed by atoms with E-state index in [0.717, 1.165) is 12.8 Å². The van der Waals surface area contributed by atoms with Crippen LogP contribution in [0.5, 0.6) is 0 Å². The third-order valence-electron chi connectivity index (χ3n) is 1.08. The molecule has 0 rings (SSSR count). The summed E-state index contributed by atoms with van der Waals surface area (Å²) in [6, 6.07) is 0. The normalized spacial score (nSPS) is 6.14. The molecule has 0 fully saturated rings. The second-order valence-electron chi connectivity index (χ2n) is 2.39. The Kier molecular flexibility index (Phi) is 91.4. The van der Waals surface area contributed by atoms with Crippen LogP contribution in [0.2, 0.25) is 0 Å². The lowest BCUT2D eigenvalue weighted by molar-refractivity contribution is 0.886. The van der Waals surface area contributed by atoms with E-state index >= 15 is 0 Å². The molecule has 0 heteroatoms. The first-order valence-electron chi connectivity index (χ1n) is 5.96. The molecular formula is C14H32. The van der Waals surface area contributed by atoms with Crippen LogP contribution in [-0.4, -0.2) is 0 Å². The fraction of sp³-hybridized carbons (Fsp3) is 0.714. The lowest BCUT2D eigenvalue weighted by Gasteiger charge is -1.68. The zero-order chi connectivity index (χ0) is 12.2. The number of unbranched alkanes of at least 4 members (excludes halogenated alkanes) is 1. The SMILES string of the molecule is C=CCC.C=CCC.CC.CCCC. The van der Waals surface area contributed by atoms with Crippen molar-refractivity contribution in [1.82, 2.24) is 0 Å². The Morgan fingerprint density at radius 3 is 0.857 bits per heavy atom. The first kappa shape index (κ1) is 23.4. The molecule has 0 spiro atoms. The van der Waals surface area contributed by atoms with Crippen molar-refractivity contribution in [2.24, 2.45) is 0 Å². The molecule has 0 aliphatic carbocycles. The summed E-state index contributed by atoms with van der Waals surface area (Å²) in [4.78, 5) is 0. The van der Waals surface area contributed by atoms with Gasteiger partial charge in [-0.25, -0.2) is 0 Å². The Balaban J connectivity index is -0.0000000492. The van der Waals surface area contributed by atoms with Gasteiger partial charge in [-0.15, -0.1) is 13.2 Å². The van der Waals surface area contributed by atoms with Gasteiger partial charge < -0.3 is 0 Å². The molecule has 0 aromatic carbocycles. The molecule has 0 aromatic heterocycles. The number of hydrogen-bond acceptors (Lipinski definition) is 0. The summed E-state index contributed by atoms with van der Waals surface area (Å²) in [7, 11) is 0. The predicted molar refractivity (Wildman–Crippen MR) is 72.9 cm³/mol. The molecular weight excluding hydrogens is 168 g/mol. The van der Waals surface area contributed by atoms with Crippen molar-refractivity contribution in [2.75, 3.05) is 0 Å². The molecule has 88 valence electrons. The van der Waals surface area contributed by atoms with Gasteiger partial charge in [0.15, 0.2) is 0 Å². The Morgan fingerprint density at radius 1 is 0.714 bits per heavy atom. The van der Waals surface area contributed by atoms with Crippen LogP contribution in [-0.2, 0) is 0 Å². The fourth-order valence-electron chi connectivity index (χ4n) is 0. The zero-order valence-electron chi connectivity index (χ0n) is 11.4. The Hall–Kier alpha value is -0.520. The fourth-order valence-corrected chi connectivity index (χ4v) is 0. The number of rotatable bonds is 3. The second kappa shape index (κ2) is 54.8. The maximum absolute atomic E-state index is 3.48. The smallest absolute Gasteiger partial charge is 0.0382 e. The lowest BCUT2D eigenvalue weighted by Crippen LogP contribution is -1.47. The van der Waals surface area contributed by atoms with Crippen LogP contribution >= 0.6 is 0 Å². The van der Waals surface area contributed by atoms with Gasteiger partial charge in [0.25, 0.3) is 0 Å². The molecule has 0 nitrogen and oxygen atoms in total. The first-order chi connectivity index (χ1) is 6.74. The third-order valence-corrected chi connectivity index (χ3v) is 1.08. The van der Waals surface area contributed by atoms with Gasteiger partial charge in [-0.1, -0.05) is 66.5 Å². The maximum atomic E-state index is 3.48. The summed E-state index contributed by atoms with van der Waals surface area (Å²) >= 11 is 0. The monoisotopic (exact) mass is 200 g/mol. The molecule has 0 aromatic rings. The van der Waals surface area contributed by atoms with E-state index in [1.54, 1.807) is 0 Å². The van der Waals surface area contributed by atoms with E-state index in [1.807, 2.05) is 26.0 Å². The van der Waals surface area contributed by atoms with Crippen LogP contribution in [0.15, 0.2) is 25.3 Å². The largest absolute Gasteiger partial charge is 0.103 e. The minimum absolute atomic E-state index is 1.08. The highest BCUT2D eigenvalue weighted by Gasteiger charge is 1.56. The van der Waals surface area contributed by atoms with Crippen LogP contribution in [0.1, 0.15) is 67.2 Å². The molecule has 0 saturated carbocycles. The summed E-state index contributed by atoms with van der Waals surface area (Å²) in [6.45, 7) is 19.4. The average molecular weight is 200 g/mol. The van der Waals surface area contributed by atoms with Crippen LogP contribution in [0.3, 0.4) is 0 Å². The van der Waals surface area contributed by atoms with E-state index in [0.29, 0.717) is 0 Å². The molecule has 0 N–H and O–H groups in total. The number of hydrogen-bond donors (Lipinski definition) is 0. The Bertz CT molecular complexity index is 52.4. The van der Waals surface area contributed by atoms with E-state index in [-0.39, 0.29) is 0 Å². The summed E-state index contributed by atoms with van der Waals surface area (Å²) in [6.07, 6.45) is 8.56. The quantitative estimate of drug-likeness (QED) is 0.490. The van der Waals surface area contributed by atoms with Crippen molar-refractivity contribution in [2.45, 2.75) is 67.2 Å². The van der Waals surface area contributed by atoms with Gasteiger partial charge in [0.05, 0.1) is 0 Å². The molecule has 0 unspecified atom stereocenters. The van der Waals surface area contributed by atoms with Crippen LogP contribution in [0.4, 0.5) is 0 Å². The summed E-state index contributed by atoms with van der Waals surface area (Å²) in [5.74, 6) is 0. The van der Waals surface area contributed by atoms with Gasteiger partial charge in [-0.05, 0) is 12.8 Å². The minimum atomic E-state index is 1.08. The third kappa shape index (κ3) is 205. The van der Waals surface area contributed by atoms with Gasteiger partial charge in [0, 0.05) is 0 Å². The molecule has 0 heterocycles.